The Balaban J connectivity index is 1.93. The maximum absolute atomic E-state index is 14.3. The Morgan fingerprint density at radius 2 is 1.42 bits per heavy atom. The van der Waals surface area contributed by atoms with E-state index in [4.69, 9.17) is 4.55 Å². The van der Waals surface area contributed by atoms with Gasteiger partial charge >= 0.3 is 15.4 Å². The minimum atomic E-state index is -5.70. The Hall–Kier alpha value is -0.300. The highest BCUT2D eigenvalue weighted by atomic mass is 32.2. The molecule has 3 nitrogen and oxygen atoms in total. The zero-order valence-electron chi connectivity index (χ0n) is 10.4. The third-order valence-corrected chi connectivity index (χ3v) is 6.16. The van der Waals surface area contributed by atoms with E-state index in [9.17, 15) is 21.6 Å². The number of hydrogen-bond acceptors (Lipinski definition) is 2. The van der Waals surface area contributed by atoms with Gasteiger partial charge in [-0.05, 0) is 56.3 Å². The summed E-state index contributed by atoms with van der Waals surface area (Å²) in [5, 5.41) is -4.70. The lowest BCUT2D eigenvalue weighted by Crippen LogP contribution is -2.57. The third-order valence-electron chi connectivity index (χ3n) is 5.26. The summed E-state index contributed by atoms with van der Waals surface area (Å²) in [6, 6.07) is 0. The molecule has 110 valence electrons. The lowest BCUT2D eigenvalue weighted by Gasteiger charge is -2.58. The Labute approximate surface area is 110 Å². The van der Waals surface area contributed by atoms with E-state index >= 15 is 0 Å². The van der Waals surface area contributed by atoms with E-state index < -0.39 is 27.0 Å². The second kappa shape index (κ2) is 3.87. The van der Waals surface area contributed by atoms with Gasteiger partial charge < -0.3 is 0 Å². The Morgan fingerprint density at radius 3 is 1.74 bits per heavy atom. The summed E-state index contributed by atoms with van der Waals surface area (Å²) in [4.78, 5) is 0. The summed E-state index contributed by atoms with van der Waals surface area (Å²) in [6.45, 7) is 0. The second-order valence-electron chi connectivity index (χ2n) is 6.68. The molecule has 1 N–H and O–H groups in total. The van der Waals surface area contributed by atoms with E-state index in [-0.39, 0.29) is 17.8 Å². The van der Waals surface area contributed by atoms with Crippen LogP contribution >= 0.6 is 0 Å². The van der Waals surface area contributed by atoms with E-state index in [0.717, 1.165) is 19.3 Å². The first-order valence-electron chi connectivity index (χ1n) is 6.63. The van der Waals surface area contributed by atoms with Crippen molar-refractivity contribution in [1.82, 2.24) is 0 Å². The van der Waals surface area contributed by atoms with Crippen LogP contribution in [0.4, 0.5) is 13.2 Å². The smallest absolute Gasteiger partial charge is 0.281 e. The SMILES string of the molecule is O=S(=O)(O)C(F)(F)C(F)C12CC3CC(CC(C3)C1)C2. The zero-order chi connectivity index (χ0) is 14.1. The highest BCUT2D eigenvalue weighted by molar-refractivity contribution is 7.86. The molecule has 0 radical (unpaired) electrons. The topological polar surface area (TPSA) is 54.4 Å². The zero-order valence-corrected chi connectivity index (χ0v) is 11.2. The molecular formula is C12H17F3O3S. The van der Waals surface area contributed by atoms with Crippen LogP contribution in [-0.2, 0) is 10.1 Å². The van der Waals surface area contributed by atoms with Gasteiger partial charge in [0, 0.05) is 5.41 Å². The van der Waals surface area contributed by atoms with Crippen LogP contribution in [-0.4, -0.2) is 24.4 Å². The van der Waals surface area contributed by atoms with Gasteiger partial charge in [0.05, 0.1) is 0 Å². The first kappa shape index (κ1) is 13.7. The fourth-order valence-corrected chi connectivity index (χ4v) is 5.49. The van der Waals surface area contributed by atoms with Crippen molar-refractivity contribution in [2.24, 2.45) is 23.2 Å². The van der Waals surface area contributed by atoms with Gasteiger partial charge in [0.1, 0.15) is 0 Å². The molecule has 4 saturated carbocycles. The summed E-state index contributed by atoms with van der Waals surface area (Å²) in [6.07, 6.45) is 1.02. The van der Waals surface area contributed by atoms with Gasteiger partial charge in [0.15, 0.2) is 6.17 Å². The average Bonchev–Trinajstić information content (AvgIpc) is 2.24. The maximum Gasteiger partial charge on any atom is 0.400 e. The van der Waals surface area contributed by atoms with Gasteiger partial charge in [-0.2, -0.15) is 17.2 Å². The average molecular weight is 298 g/mol. The predicted molar refractivity (Wildman–Crippen MR) is 62.0 cm³/mol. The van der Waals surface area contributed by atoms with Crippen LogP contribution in [0.5, 0.6) is 0 Å². The molecule has 0 aromatic rings. The third kappa shape index (κ3) is 1.92. The standard InChI is InChI=1S/C12H17F3O3S/c13-10(12(14,15)19(16,17)18)11-4-7-1-8(5-11)3-9(2-7)6-11/h7-10H,1-6H2,(H,16,17,18). The molecule has 0 spiro atoms. The molecule has 0 aliphatic heterocycles. The van der Waals surface area contributed by atoms with E-state index in [1.807, 2.05) is 0 Å². The highest BCUT2D eigenvalue weighted by Crippen LogP contribution is 2.63. The normalized spacial score (nSPS) is 43.5. The van der Waals surface area contributed by atoms with E-state index in [0.29, 0.717) is 19.3 Å². The fraction of sp³-hybridized carbons (Fsp3) is 1.00. The van der Waals surface area contributed by atoms with Crippen molar-refractivity contribution >= 4 is 10.1 Å². The van der Waals surface area contributed by atoms with Crippen molar-refractivity contribution < 1.29 is 26.1 Å². The molecule has 4 aliphatic carbocycles. The van der Waals surface area contributed by atoms with Gasteiger partial charge in [-0.25, -0.2) is 4.39 Å². The molecule has 4 rings (SSSR count). The van der Waals surface area contributed by atoms with Crippen LogP contribution in [0.15, 0.2) is 0 Å². The van der Waals surface area contributed by atoms with Crippen LogP contribution in [0.3, 0.4) is 0 Å². The quantitative estimate of drug-likeness (QED) is 0.815. The summed E-state index contributed by atoms with van der Waals surface area (Å²) in [7, 11) is -5.70. The lowest BCUT2D eigenvalue weighted by molar-refractivity contribution is -0.149. The molecule has 4 aliphatic rings. The Kier molecular flexibility index (Phi) is 2.79. The van der Waals surface area contributed by atoms with Crippen molar-refractivity contribution in [1.29, 1.82) is 0 Å². The van der Waals surface area contributed by atoms with E-state index in [1.165, 1.54) is 0 Å². The highest BCUT2D eigenvalue weighted by Gasteiger charge is 2.65. The van der Waals surface area contributed by atoms with E-state index in [2.05, 4.69) is 0 Å². The minimum absolute atomic E-state index is 0.238. The molecular weight excluding hydrogens is 281 g/mol. The summed E-state index contributed by atoms with van der Waals surface area (Å²) >= 11 is 0. The molecule has 4 bridgehead atoms. The molecule has 0 aromatic carbocycles. The molecule has 0 saturated heterocycles. The summed E-state index contributed by atoms with van der Waals surface area (Å²) in [5.41, 5.74) is -1.26. The van der Waals surface area contributed by atoms with Gasteiger partial charge in [-0.15, -0.1) is 0 Å². The predicted octanol–water partition coefficient (Wildman–Crippen LogP) is 3.02. The van der Waals surface area contributed by atoms with Crippen LogP contribution in [0.1, 0.15) is 38.5 Å². The number of hydrogen-bond donors (Lipinski definition) is 1. The van der Waals surface area contributed by atoms with Gasteiger partial charge in [-0.1, -0.05) is 0 Å². The van der Waals surface area contributed by atoms with Crippen LogP contribution in [0.2, 0.25) is 0 Å². The van der Waals surface area contributed by atoms with Crippen molar-refractivity contribution in [3.63, 3.8) is 0 Å². The molecule has 0 heterocycles. The lowest BCUT2D eigenvalue weighted by atomic mass is 9.48. The van der Waals surface area contributed by atoms with Crippen molar-refractivity contribution in [3.05, 3.63) is 0 Å². The first-order valence-corrected chi connectivity index (χ1v) is 8.07. The van der Waals surface area contributed by atoms with E-state index in [1.54, 1.807) is 0 Å². The number of alkyl halides is 3. The molecule has 0 aromatic heterocycles. The van der Waals surface area contributed by atoms with Crippen molar-refractivity contribution in [3.8, 4) is 0 Å². The minimum Gasteiger partial charge on any atom is -0.281 e. The summed E-state index contributed by atoms with van der Waals surface area (Å²) in [5.74, 6) is 0.713. The molecule has 4 fully saturated rings. The Bertz CT molecular complexity index is 453. The Morgan fingerprint density at radius 1 is 1.05 bits per heavy atom. The van der Waals surface area contributed by atoms with Gasteiger partial charge in [0.2, 0.25) is 0 Å². The second-order valence-corrected chi connectivity index (χ2v) is 8.17. The monoisotopic (exact) mass is 298 g/mol. The maximum atomic E-state index is 14.3. The fourth-order valence-electron chi connectivity index (χ4n) is 4.98. The number of halogens is 3. The van der Waals surface area contributed by atoms with Crippen LogP contribution < -0.4 is 0 Å². The van der Waals surface area contributed by atoms with Crippen molar-refractivity contribution in [2.75, 3.05) is 0 Å². The molecule has 0 amide bonds. The summed E-state index contributed by atoms with van der Waals surface area (Å²) < 4.78 is 71.7. The van der Waals surface area contributed by atoms with Crippen molar-refractivity contribution in [2.45, 2.75) is 50.0 Å². The largest absolute Gasteiger partial charge is 0.400 e. The van der Waals surface area contributed by atoms with Crippen LogP contribution in [0, 0.1) is 23.2 Å². The molecule has 19 heavy (non-hydrogen) atoms. The number of rotatable bonds is 3. The van der Waals surface area contributed by atoms with Gasteiger partial charge in [-0.3, -0.25) is 4.55 Å². The van der Waals surface area contributed by atoms with Gasteiger partial charge in [0.25, 0.3) is 0 Å². The molecule has 7 heteroatoms. The molecule has 1 unspecified atom stereocenters. The van der Waals surface area contributed by atoms with Crippen LogP contribution in [0.25, 0.3) is 0 Å². The first-order chi connectivity index (χ1) is 8.64. The molecule has 1 atom stereocenters.